The molecule has 0 atom stereocenters. The largest absolute Gasteiger partial charge is 0.373 e. The molecule has 1 rings (SSSR count). The van der Waals surface area contributed by atoms with E-state index in [9.17, 15) is 0 Å². The van der Waals surface area contributed by atoms with Crippen molar-refractivity contribution < 1.29 is 0 Å². The summed E-state index contributed by atoms with van der Waals surface area (Å²) in [6.07, 6.45) is 2.39. The van der Waals surface area contributed by atoms with Crippen molar-refractivity contribution in [1.82, 2.24) is 9.97 Å². The summed E-state index contributed by atoms with van der Waals surface area (Å²) in [5.41, 5.74) is 0. The smallest absolute Gasteiger partial charge is 0.135 e. The third-order valence-corrected chi connectivity index (χ3v) is 2.74. The number of nitrogens with zero attached hydrogens (tertiary/aromatic N) is 3. The minimum absolute atomic E-state index is 0.349. The van der Waals surface area contributed by atoms with Gasteiger partial charge in [0.2, 0.25) is 0 Å². The van der Waals surface area contributed by atoms with Crippen molar-refractivity contribution in [3.63, 3.8) is 0 Å². The Hall–Kier alpha value is -1.32. The van der Waals surface area contributed by atoms with Crippen LogP contribution >= 0.6 is 0 Å². The summed E-state index contributed by atoms with van der Waals surface area (Å²) in [5.74, 6) is 3.14. The van der Waals surface area contributed by atoms with E-state index in [2.05, 4.69) is 48.0 Å². The summed E-state index contributed by atoms with van der Waals surface area (Å²) in [7, 11) is 3.98. The summed E-state index contributed by atoms with van der Waals surface area (Å²) in [6, 6.07) is 2.00. The fourth-order valence-corrected chi connectivity index (χ4v) is 1.54. The number of anilines is 2. The third-order valence-electron chi connectivity index (χ3n) is 2.74. The minimum atomic E-state index is 0.349. The van der Waals surface area contributed by atoms with E-state index in [-0.39, 0.29) is 0 Å². The highest BCUT2D eigenvalue weighted by atomic mass is 15.2. The second-order valence-corrected chi connectivity index (χ2v) is 4.65. The van der Waals surface area contributed by atoms with Crippen molar-refractivity contribution in [3.05, 3.63) is 11.9 Å². The second kappa shape index (κ2) is 6.42. The molecule has 0 saturated heterocycles. The molecule has 1 N–H and O–H groups in total. The molecule has 0 saturated carbocycles. The summed E-state index contributed by atoms with van der Waals surface area (Å²) in [5, 5.41) is 3.10. The first kappa shape index (κ1) is 13.7. The van der Waals surface area contributed by atoms with Gasteiger partial charge in [-0.1, -0.05) is 27.2 Å². The van der Waals surface area contributed by atoms with E-state index in [1.807, 2.05) is 13.1 Å². The monoisotopic (exact) mass is 236 g/mol. The minimum Gasteiger partial charge on any atom is -0.373 e. The van der Waals surface area contributed by atoms with Crippen LogP contribution in [-0.2, 0) is 0 Å². The predicted octanol–water partition coefficient (Wildman–Crippen LogP) is 2.88. The highest BCUT2D eigenvalue weighted by molar-refractivity contribution is 5.48. The Morgan fingerprint density at radius 2 is 2.06 bits per heavy atom. The van der Waals surface area contributed by atoms with Gasteiger partial charge < -0.3 is 10.2 Å². The van der Waals surface area contributed by atoms with Crippen molar-refractivity contribution in [1.29, 1.82) is 0 Å². The van der Waals surface area contributed by atoms with Crippen LogP contribution in [0.1, 0.15) is 45.4 Å². The molecule has 1 heterocycles. The quantitative estimate of drug-likeness (QED) is 0.824. The van der Waals surface area contributed by atoms with Crippen molar-refractivity contribution >= 4 is 11.6 Å². The highest BCUT2D eigenvalue weighted by Crippen LogP contribution is 2.19. The van der Waals surface area contributed by atoms with Crippen LogP contribution in [0.2, 0.25) is 0 Å². The highest BCUT2D eigenvalue weighted by Gasteiger charge is 2.10. The first-order valence-corrected chi connectivity index (χ1v) is 6.36. The second-order valence-electron chi connectivity index (χ2n) is 4.65. The summed E-state index contributed by atoms with van der Waals surface area (Å²) < 4.78 is 0. The fourth-order valence-electron chi connectivity index (χ4n) is 1.54. The van der Waals surface area contributed by atoms with Gasteiger partial charge >= 0.3 is 0 Å². The zero-order valence-electron chi connectivity index (χ0n) is 11.6. The van der Waals surface area contributed by atoms with Crippen LogP contribution in [0.3, 0.4) is 0 Å². The molecule has 0 radical (unpaired) electrons. The molecule has 0 amide bonds. The van der Waals surface area contributed by atoms with Gasteiger partial charge in [-0.05, 0) is 6.42 Å². The molecule has 0 fully saturated rings. The number of aromatic nitrogens is 2. The molecule has 1 aromatic rings. The van der Waals surface area contributed by atoms with Gasteiger partial charge in [-0.15, -0.1) is 0 Å². The average Bonchev–Trinajstić information content (AvgIpc) is 2.35. The molecular formula is C13H24N4. The molecule has 17 heavy (non-hydrogen) atoms. The third kappa shape index (κ3) is 3.88. The molecule has 0 bridgehead atoms. The van der Waals surface area contributed by atoms with E-state index >= 15 is 0 Å². The maximum absolute atomic E-state index is 4.61. The van der Waals surface area contributed by atoms with E-state index in [1.165, 1.54) is 12.8 Å². The number of rotatable bonds is 6. The Bertz CT molecular complexity index is 349. The number of hydrogen-bond acceptors (Lipinski definition) is 4. The molecule has 4 nitrogen and oxygen atoms in total. The van der Waals surface area contributed by atoms with Crippen molar-refractivity contribution in [2.45, 2.75) is 39.5 Å². The molecule has 0 aliphatic heterocycles. The van der Waals surface area contributed by atoms with Gasteiger partial charge in [0.1, 0.15) is 17.5 Å². The average molecular weight is 236 g/mol. The maximum atomic E-state index is 4.61. The van der Waals surface area contributed by atoms with Crippen LogP contribution in [0.4, 0.5) is 11.6 Å². The number of unbranched alkanes of at least 4 members (excludes halogenated alkanes) is 1. The zero-order valence-corrected chi connectivity index (χ0v) is 11.6. The first-order chi connectivity index (χ1) is 8.08. The van der Waals surface area contributed by atoms with Crippen LogP contribution in [0.5, 0.6) is 0 Å². The lowest BCUT2D eigenvalue weighted by Gasteiger charge is -2.19. The maximum Gasteiger partial charge on any atom is 0.135 e. The van der Waals surface area contributed by atoms with Gasteiger partial charge in [0, 0.05) is 32.6 Å². The zero-order chi connectivity index (χ0) is 12.8. The Labute approximate surface area is 104 Å². The van der Waals surface area contributed by atoms with Crippen molar-refractivity contribution in [2.24, 2.45) is 0 Å². The molecule has 0 aromatic carbocycles. The van der Waals surface area contributed by atoms with Crippen LogP contribution in [0.15, 0.2) is 6.07 Å². The van der Waals surface area contributed by atoms with Gasteiger partial charge in [0.15, 0.2) is 0 Å². The molecule has 0 aliphatic carbocycles. The molecule has 96 valence electrons. The summed E-state index contributed by atoms with van der Waals surface area (Å²) >= 11 is 0. The predicted molar refractivity (Wildman–Crippen MR) is 73.8 cm³/mol. The van der Waals surface area contributed by atoms with Gasteiger partial charge in [-0.2, -0.15) is 0 Å². The summed E-state index contributed by atoms with van der Waals surface area (Å²) in [6.45, 7) is 7.47. The Morgan fingerprint density at radius 3 is 2.59 bits per heavy atom. The van der Waals surface area contributed by atoms with Crippen LogP contribution in [0, 0.1) is 0 Å². The van der Waals surface area contributed by atoms with Crippen LogP contribution < -0.4 is 10.2 Å². The van der Waals surface area contributed by atoms with Crippen molar-refractivity contribution in [3.8, 4) is 0 Å². The Kier molecular flexibility index (Phi) is 5.19. The SMILES string of the molecule is CCCCN(C)c1cc(NC)nc(C(C)C)n1. The van der Waals surface area contributed by atoms with Gasteiger partial charge in [0.25, 0.3) is 0 Å². The van der Waals surface area contributed by atoms with E-state index in [0.717, 1.165) is 24.0 Å². The van der Waals surface area contributed by atoms with Gasteiger partial charge in [-0.3, -0.25) is 0 Å². The fraction of sp³-hybridized carbons (Fsp3) is 0.692. The van der Waals surface area contributed by atoms with Crippen LogP contribution in [0.25, 0.3) is 0 Å². The van der Waals surface area contributed by atoms with Gasteiger partial charge in [0.05, 0.1) is 0 Å². The van der Waals surface area contributed by atoms with Gasteiger partial charge in [-0.25, -0.2) is 9.97 Å². The molecule has 0 unspecified atom stereocenters. The van der Waals surface area contributed by atoms with Crippen LogP contribution in [-0.4, -0.2) is 30.6 Å². The van der Waals surface area contributed by atoms with E-state index in [1.54, 1.807) is 0 Å². The lowest BCUT2D eigenvalue weighted by Crippen LogP contribution is -2.21. The normalized spacial score (nSPS) is 10.7. The standard InChI is InChI=1S/C13H24N4/c1-6-7-8-17(5)12-9-11(14-4)15-13(16-12)10(2)3/h9-10H,6-8H2,1-5H3,(H,14,15,16). The molecule has 4 heteroatoms. The van der Waals surface area contributed by atoms with E-state index < -0.39 is 0 Å². The molecule has 0 aliphatic rings. The van der Waals surface area contributed by atoms with E-state index in [4.69, 9.17) is 0 Å². The summed E-state index contributed by atoms with van der Waals surface area (Å²) in [4.78, 5) is 11.3. The topological polar surface area (TPSA) is 41.0 Å². The number of hydrogen-bond donors (Lipinski definition) is 1. The number of nitrogens with one attached hydrogen (secondary N) is 1. The Balaban J connectivity index is 2.93. The molecular weight excluding hydrogens is 212 g/mol. The molecule has 1 aromatic heterocycles. The van der Waals surface area contributed by atoms with Crippen molar-refractivity contribution in [2.75, 3.05) is 30.9 Å². The first-order valence-electron chi connectivity index (χ1n) is 6.36. The van der Waals surface area contributed by atoms with E-state index in [0.29, 0.717) is 5.92 Å². The lowest BCUT2D eigenvalue weighted by atomic mass is 10.2. The Morgan fingerprint density at radius 1 is 1.35 bits per heavy atom. The lowest BCUT2D eigenvalue weighted by molar-refractivity contribution is 0.737. The molecule has 0 spiro atoms.